The van der Waals surface area contributed by atoms with Gasteiger partial charge in [-0.1, -0.05) is 12.8 Å². The molecule has 0 heterocycles. The molecule has 0 unspecified atom stereocenters. The van der Waals surface area contributed by atoms with Gasteiger partial charge in [-0.15, -0.1) is 0 Å². The number of hydrogen-bond acceptors (Lipinski definition) is 2. The predicted octanol–water partition coefficient (Wildman–Crippen LogP) is 2.91. The van der Waals surface area contributed by atoms with Crippen LogP contribution in [0.2, 0.25) is 0 Å². The molecule has 2 saturated carbocycles. The third kappa shape index (κ3) is 1.45. The summed E-state index contributed by atoms with van der Waals surface area (Å²) < 4.78 is 5.38. The lowest BCUT2D eigenvalue weighted by molar-refractivity contribution is -0.174. The zero-order valence-electron chi connectivity index (χ0n) is 9.21. The smallest absolute Gasteiger partial charge is 0.312 e. The molecule has 2 aliphatic carbocycles. The van der Waals surface area contributed by atoms with Gasteiger partial charge >= 0.3 is 5.97 Å². The molecule has 0 bridgehead atoms. The second-order valence-electron chi connectivity index (χ2n) is 5.09. The Morgan fingerprint density at radius 1 is 1.29 bits per heavy atom. The number of rotatable bonds is 3. The van der Waals surface area contributed by atoms with Crippen molar-refractivity contribution < 1.29 is 9.53 Å². The summed E-state index contributed by atoms with van der Waals surface area (Å²) in [5, 5.41) is 0. The second-order valence-corrected chi connectivity index (χ2v) is 5.09. The van der Waals surface area contributed by atoms with Crippen LogP contribution in [-0.4, -0.2) is 12.1 Å². The van der Waals surface area contributed by atoms with Crippen LogP contribution in [0.25, 0.3) is 0 Å². The van der Waals surface area contributed by atoms with Gasteiger partial charge in [0, 0.05) is 0 Å². The molecule has 0 radical (unpaired) electrons. The first-order valence-electron chi connectivity index (χ1n) is 5.86. The van der Waals surface area contributed by atoms with Crippen LogP contribution in [0.3, 0.4) is 0 Å². The van der Waals surface area contributed by atoms with Gasteiger partial charge in [-0.05, 0) is 45.4 Å². The van der Waals surface area contributed by atoms with Crippen LogP contribution in [0, 0.1) is 11.3 Å². The topological polar surface area (TPSA) is 26.3 Å². The van der Waals surface area contributed by atoms with E-state index in [-0.39, 0.29) is 17.5 Å². The summed E-state index contributed by atoms with van der Waals surface area (Å²) in [6.45, 7) is 3.87. The van der Waals surface area contributed by atoms with Crippen LogP contribution in [0.5, 0.6) is 0 Å². The van der Waals surface area contributed by atoms with Gasteiger partial charge in [0.25, 0.3) is 0 Å². The molecule has 0 aromatic carbocycles. The molecular weight excluding hydrogens is 176 g/mol. The molecule has 2 nitrogen and oxygen atoms in total. The summed E-state index contributed by atoms with van der Waals surface area (Å²) in [6.07, 6.45) is 7.19. The van der Waals surface area contributed by atoms with Gasteiger partial charge in [0.2, 0.25) is 0 Å². The van der Waals surface area contributed by atoms with Gasteiger partial charge in [-0.25, -0.2) is 0 Å². The van der Waals surface area contributed by atoms with Crippen molar-refractivity contribution >= 4 is 5.97 Å². The van der Waals surface area contributed by atoms with Gasteiger partial charge in [0.1, 0.15) is 0 Å². The molecule has 2 heteroatoms. The summed E-state index contributed by atoms with van der Waals surface area (Å²) >= 11 is 0. The second kappa shape index (κ2) is 3.56. The summed E-state index contributed by atoms with van der Waals surface area (Å²) in [7, 11) is 0. The highest BCUT2D eigenvalue weighted by atomic mass is 16.5. The Bertz CT molecular complexity index is 224. The van der Waals surface area contributed by atoms with Crippen molar-refractivity contribution in [1.82, 2.24) is 0 Å². The summed E-state index contributed by atoms with van der Waals surface area (Å²) in [5.41, 5.74) is -0.0531. The minimum Gasteiger partial charge on any atom is -0.463 e. The highest BCUT2D eigenvalue weighted by molar-refractivity contribution is 5.78. The Kier molecular flexibility index (Phi) is 2.54. The van der Waals surface area contributed by atoms with E-state index in [2.05, 4.69) is 0 Å². The summed E-state index contributed by atoms with van der Waals surface area (Å²) in [5.74, 6) is 0.728. The molecule has 0 aliphatic heterocycles. The monoisotopic (exact) mass is 196 g/mol. The fourth-order valence-electron chi connectivity index (χ4n) is 2.63. The third-order valence-electron chi connectivity index (χ3n) is 3.88. The fourth-order valence-corrected chi connectivity index (χ4v) is 2.63. The zero-order valence-corrected chi connectivity index (χ0v) is 9.21. The molecule has 0 aromatic heterocycles. The highest BCUT2D eigenvalue weighted by Gasteiger charge is 2.53. The Hall–Kier alpha value is -0.530. The van der Waals surface area contributed by atoms with E-state index in [1.165, 1.54) is 25.7 Å². The first-order chi connectivity index (χ1) is 6.65. The van der Waals surface area contributed by atoms with Crippen molar-refractivity contribution in [3.05, 3.63) is 0 Å². The van der Waals surface area contributed by atoms with E-state index in [0.29, 0.717) is 5.92 Å². The van der Waals surface area contributed by atoms with Crippen molar-refractivity contribution in [3.8, 4) is 0 Å². The van der Waals surface area contributed by atoms with Crippen LogP contribution in [0.1, 0.15) is 52.4 Å². The SMILES string of the molecule is CC(C)OC(=O)C1(C2CCC2)CCC1. The van der Waals surface area contributed by atoms with E-state index >= 15 is 0 Å². The molecule has 0 amide bonds. The number of hydrogen-bond donors (Lipinski definition) is 0. The maximum atomic E-state index is 12.0. The van der Waals surface area contributed by atoms with Crippen molar-refractivity contribution in [1.29, 1.82) is 0 Å². The lowest BCUT2D eigenvalue weighted by Gasteiger charge is -2.49. The lowest BCUT2D eigenvalue weighted by Crippen LogP contribution is -2.48. The average molecular weight is 196 g/mol. The Morgan fingerprint density at radius 3 is 2.21 bits per heavy atom. The van der Waals surface area contributed by atoms with Gasteiger partial charge < -0.3 is 4.74 Å². The van der Waals surface area contributed by atoms with Crippen molar-refractivity contribution in [2.24, 2.45) is 11.3 Å². The third-order valence-corrected chi connectivity index (χ3v) is 3.88. The van der Waals surface area contributed by atoms with E-state index in [0.717, 1.165) is 12.8 Å². The van der Waals surface area contributed by atoms with Gasteiger partial charge in [0.15, 0.2) is 0 Å². The van der Waals surface area contributed by atoms with E-state index in [1.54, 1.807) is 0 Å². The molecule has 0 saturated heterocycles. The first-order valence-corrected chi connectivity index (χ1v) is 5.86. The van der Waals surface area contributed by atoms with E-state index in [4.69, 9.17) is 4.74 Å². The van der Waals surface area contributed by atoms with E-state index < -0.39 is 0 Å². The van der Waals surface area contributed by atoms with Crippen LogP contribution < -0.4 is 0 Å². The molecule has 80 valence electrons. The van der Waals surface area contributed by atoms with E-state index in [1.807, 2.05) is 13.8 Å². The van der Waals surface area contributed by atoms with Crippen molar-refractivity contribution in [2.45, 2.75) is 58.5 Å². The summed E-state index contributed by atoms with van der Waals surface area (Å²) in [4.78, 5) is 12.0. The normalized spacial score (nSPS) is 25.4. The Balaban J connectivity index is 2.00. The quantitative estimate of drug-likeness (QED) is 0.649. The zero-order chi connectivity index (χ0) is 10.2. The summed E-state index contributed by atoms with van der Waals surface area (Å²) in [6, 6.07) is 0. The first kappa shape index (κ1) is 10.0. The largest absolute Gasteiger partial charge is 0.463 e. The highest BCUT2D eigenvalue weighted by Crippen LogP contribution is 2.55. The minimum absolute atomic E-state index is 0.0417. The molecule has 2 aliphatic rings. The molecule has 2 rings (SSSR count). The minimum atomic E-state index is -0.0531. The number of carbonyl (C=O) groups is 1. The van der Waals surface area contributed by atoms with Crippen LogP contribution >= 0.6 is 0 Å². The van der Waals surface area contributed by atoms with Gasteiger partial charge in [0.05, 0.1) is 11.5 Å². The average Bonchev–Trinajstić information content (AvgIpc) is 1.90. The Labute approximate surface area is 86.0 Å². The molecule has 0 aromatic rings. The maximum absolute atomic E-state index is 12.0. The molecule has 2 fully saturated rings. The van der Waals surface area contributed by atoms with Crippen LogP contribution in [-0.2, 0) is 9.53 Å². The van der Waals surface area contributed by atoms with Crippen LogP contribution in [0.15, 0.2) is 0 Å². The lowest BCUT2D eigenvalue weighted by atomic mass is 9.55. The molecule has 0 atom stereocenters. The Morgan fingerprint density at radius 2 is 1.93 bits per heavy atom. The van der Waals surface area contributed by atoms with E-state index in [9.17, 15) is 4.79 Å². The number of esters is 1. The van der Waals surface area contributed by atoms with Crippen LogP contribution in [0.4, 0.5) is 0 Å². The van der Waals surface area contributed by atoms with Gasteiger partial charge in [-0.2, -0.15) is 0 Å². The molecule has 0 spiro atoms. The molecular formula is C12H20O2. The number of ether oxygens (including phenoxy) is 1. The predicted molar refractivity (Wildman–Crippen MR) is 54.9 cm³/mol. The fraction of sp³-hybridized carbons (Fsp3) is 0.917. The van der Waals surface area contributed by atoms with Crippen molar-refractivity contribution in [2.75, 3.05) is 0 Å². The number of carbonyl (C=O) groups excluding carboxylic acids is 1. The molecule has 14 heavy (non-hydrogen) atoms. The van der Waals surface area contributed by atoms with Gasteiger partial charge in [-0.3, -0.25) is 4.79 Å². The molecule has 0 N–H and O–H groups in total. The standard InChI is InChI=1S/C12H20O2/c1-9(2)14-11(13)12(7-4-8-12)10-5-3-6-10/h9-10H,3-8H2,1-2H3. The maximum Gasteiger partial charge on any atom is 0.312 e. The van der Waals surface area contributed by atoms with Crippen molar-refractivity contribution in [3.63, 3.8) is 0 Å².